The normalized spacial score (nSPS) is 12.0. The van der Waals surface area contributed by atoms with E-state index in [2.05, 4.69) is 4.98 Å². The third-order valence-corrected chi connectivity index (χ3v) is 5.10. The molecule has 1 aromatic heterocycles. The van der Waals surface area contributed by atoms with Gasteiger partial charge in [-0.05, 0) is 17.7 Å². The first-order chi connectivity index (χ1) is 9.45. The summed E-state index contributed by atoms with van der Waals surface area (Å²) in [5.41, 5.74) is 1.19. The second kappa shape index (κ2) is 5.97. The molecule has 0 saturated carbocycles. The lowest BCUT2D eigenvalue weighted by molar-refractivity contribution is 0.277. The van der Waals surface area contributed by atoms with Crippen LogP contribution in [-0.4, -0.2) is 29.9 Å². The van der Waals surface area contributed by atoms with Crippen molar-refractivity contribution in [1.29, 1.82) is 0 Å². The number of hydrogen-bond acceptors (Lipinski definition) is 3. The van der Waals surface area contributed by atoms with Crippen molar-refractivity contribution in [3.63, 3.8) is 0 Å². The van der Waals surface area contributed by atoms with E-state index in [0.717, 1.165) is 5.56 Å². The van der Waals surface area contributed by atoms with E-state index in [9.17, 15) is 8.42 Å². The Morgan fingerprint density at radius 2 is 2.05 bits per heavy atom. The lowest BCUT2D eigenvalue weighted by atomic mass is 10.2. The third kappa shape index (κ3) is 3.04. The van der Waals surface area contributed by atoms with Gasteiger partial charge in [-0.2, -0.15) is 4.31 Å². The number of nitrogens with zero attached hydrogens (tertiary/aromatic N) is 1. The predicted octanol–water partition coefficient (Wildman–Crippen LogP) is 1.98. The fourth-order valence-electron chi connectivity index (χ4n) is 1.79. The number of aliphatic hydroxyl groups is 1. The van der Waals surface area contributed by atoms with Gasteiger partial charge in [0.2, 0.25) is 10.0 Å². The average molecular weight is 315 g/mol. The van der Waals surface area contributed by atoms with E-state index in [4.69, 9.17) is 16.7 Å². The molecule has 0 radical (unpaired) electrons. The molecule has 108 valence electrons. The molecule has 0 aliphatic rings. The number of nitrogens with one attached hydrogen (secondary N) is 1. The minimum absolute atomic E-state index is 0.121. The number of benzene rings is 1. The number of H-pyrrole nitrogens is 1. The van der Waals surface area contributed by atoms with E-state index >= 15 is 0 Å². The van der Waals surface area contributed by atoms with Crippen LogP contribution in [-0.2, 0) is 23.2 Å². The zero-order chi connectivity index (χ0) is 14.8. The number of halogens is 1. The zero-order valence-electron chi connectivity index (χ0n) is 10.9. The van der Waals surface area contributed by atoms with E-state index in [-0.39, 0.29) is 18.0 Å². The van der Waals surface area contributed by atoms with Gasteiger partial charge in [-0.1, -0.05) is 29.8 Å². The third-order valence-electron chi connectivity index (χ3n) is 2.95. The molecule has 2 rings (SSSR count). The molecule has 0 aliphatic carbocycles. The molecule has 2 aromatic rings. The summed E-state index contributed by atoms with van der Waals surface area (Å²) in [6.07, 6.45) is 1.37. The Morgan fingerprint density at radius 3 is 2.65 bits per heavy atom. The van der Waals surface area contributed by atoms with Crippen LogP contribution in [0.25, 0.3) is 0 Å². The average Bonchev–Trinajstić information content (AvgIpc) is 2.90. The minimum Gasteiger partial charge on any atom is -0.390 e. The van der Waals surface area contributed by atoms with Crippen LogP contribution in [0.15, 0.2) is 41.4 Å². The Morgan fingerprint density at radius 1 is 1.35 bits per heavy atom. The topological polar surface area (TPSA) is 73.4 Å². The Balaban J connectivity index is 2.23. The monoisotopic (exact) mass is 314 g/mol. The van der Waals surface area contributed by atoms with Crippen molar-refractivity contribution < 1.29 is 13.5 Å². The van der Waals surface area contributed by atoms with Crippen LogP contribution in [0, 0.1) is 0 Å². The van der Waals surface area contributed by atoms with Gasteiger partial charge < -0.3 is 10.1 Å². The fraction of sp³-hybridized carbons (Fsp3) is 0.231. The molecule has 0 amide bonds. The maximum absolute atomic E-state index is 12.4. The smallest absolute Gasteiger partial charge is 0.244 e. The van der Waals surface area contributed by atoms with Crippen molar-refractivity contribution >= 4 is 21.6 Å². The van der Waals surface area contributed by atoms with Crippen molar-refractivity contribution in [2.75, 3.05) is 7.05 Å². The van der Waals surface area contributed by atoms with Crippen LogP contribution < -0.4 is 0 Å². The second-order valence-corrected chi connectivity index (χ2v) is 6.82. The number of sulfonamides is 1. The van der Waals surface area contributed by atoms with Crippen molar-refractivity contribution in [2.24, 2.45) is 0 Å². The molecule has 0 fully saturated rings. The molecule has 0 saturated heterocycles. The first-order valence-corrected chi connectivity index (χ1v) is 7.75. The summed E-state index contributed by atoms with van der Waals surface area (Å²) in [5.74, 6) is 0. The summed E-state index contributed by atoms with van der Waals surface area (Å²) < 4.78 is 25.9. The Hall–Kier alpha value is -1.34. The van der Waals surface area contributed by atoms with Crippen LogP contribution in [0.1, 0.15) is 11.3 Å². The highest BCUT2D eigenvalue weighted by Crippen LogP contribution is 2.21. The maximum Gasteiger partial charge on any atom is 0.244 e. The molecule has 7 heteroatoms. The van der Waals surface area contributed by atoms with Gasteiger partial charge in [0, 0.05) is 30.5 Å². The number of hydrogen-bond donors (Lipinski definition) is 2. The Kier molecular flexibility index (Phi) is 4.49. The molecule has 20 heavy (non-hydrogen) atoms. The van der Waals surface area contributed by atoms with Crippen LogP contribution in [0.2, 0.25) is 5.02 Å². The van der Waals surface area contributed by atoms with E-state index in [1.165, 1.54) is 23.6 Å². The van der Waals surface area contributed by atoms with E-state index in [0.29, 0.717) is 10.7 Å². The van der Waals surface area contributed by atoms with E-state index in [1.54, 1.807) is 18.2 Å². The molecule has 0 unspecified atom stereocenters. The fourth-order valence-corrected chi connectivity index (χ4v) is 3.15. The lowest BCUT2D eigenvalue weighted by Gasteiger charge is -2.17. The summed E-state index contributed by atoms with van der Waals surface area (Å²) in [6.45, 7) is -0.0502. The molecule has 2 N–H and O–H groups in total. The number of aromatic nitrogens is 1. The molecule has 5 nitrogen and oxygen atoms in total. The largest absolute Gasteiger partial charge is 0.390 e. The molecular weight excluding hydrogens is 300 g/mol. The molecule has 0 spiro atoms. The first-order valence-electron chi connectivity index (χ1n) is 5.93. The van der Waals surface area contributed by atoms with E-state index in [1.807, 2.05) is 6.07 Å². The van der Waals surface area contributed by atoms with Crippen LogP contribution in [0.5, 0.6) is 0 Å². The Labute approximate surface area is 122 Å². The molecule has 1 aromatic carbocycles. The van der Waals surface area contributed by atoms with Crippen molar-refractivity contribution in [2.45, 2.75) is 18.0 Å². The number of aromatic amines is 1. The molecule has 1 heterocycles. The van der Waals surface area contributed by atoms with Crippen LogP contribution >= 0.6 is 11.6 Å². The lowest BCUT2D eigenvalue weighted by Crippen LogP contribution is -2.26. The summed E-state index contributed by atoms with van der Waals surface area (Å²) >= 11 is 6.03. The first kappa shape index (κ1) is 15.1. The molecular formula is C13H15ClN2O3S. The predicted molar refractivity (Wildman–Crippen MR) is 76.8 cm³/mol. The van der Waals surface area contributed by atoms with Gasteiger partial charge in [0.1, 0.15) is 0 Å². The molecule has 0 atom stereocenters. The highest BCUT2D eigenvalue weighted by Gasteiger charge is 2.22. The van der Waals surface area contributed by atoms with Gasteiger partial charge >= 0.3 is 0 Å². The quantitative estimate of drug-likeness (QED) is 0.886. The maximum atomic E-state index is 12.4. The molecule has 0 aliphatic heterocycles. The highest BCUT2D eigenvalue weighted by atomic mass is 35.5. The zero-order valence-corrected chi connectivity index (χ0v) is 12.4. The van der Waals surface area contributed by atoms with Crippen molar-refractivity contribution in [3.8, 4) is 0 Å². The van der Waals surface area contributed by atoms with Gasteiger partial charge in [0.15, 0.2) is 0 Å². The van der Waals surface area contributed by atoms with Gasteiger partial charge in [-0.15, -0.1) is 0 Å². The van der Waals surface area contributed by atoms with Crippen LogP contribution in [0.4, 0.5) is 0 Å². The summed E-state index contributed by atoms with van der Waals surface area (Å²) in [4.78, 5) is 2.83. The van der Waals surface area contributed by atoms with Gasteiger partial charge in [0.05, 0.1) is 11.5 Å². The van der Waals surface area contributed by atoms with Gasteiger partial charge in [0.25, 0.3) is 0 Å². The minimum atomic E-state index is -3.61. The highest BCUT2D eigenvalue weighted by molar-refractivity contribution is 7.89. The van der Waals surface area contributed by atoms with Crippen molar-refractivity contribution in [1.82, 2.24) is 9.29 Å². The number of rotatable bonds is 5. The standard InChI is InChI=1S/C13H15ClN2O3S/c1-16(8-10-4-2-3-5-13(10)14)20(18,19)12-6-11(9-17)15-7-12/h2-7,15,17H,8-9H2,1H3. The van der Waals surface area contributed by atoms with Gasteiger partial charge in [-0.3, -0.25) is 0 Å². The summed E-state index contributed by atoms with van der Waals surface area (Å²) in [6, 6.07) is 8.52. The Bertz CT molecular complexity index is 697. The SMILES string of the molecule is CN(Cc1ccccc1Cl)S(=O)(=O)c1c[nH]c(CO)c1. The number of aliphatic hydroxyl groups excluding tert-OH is 1. The van der Waals surface area contributed by atoms with Crippen molar-refractivity contribution in [3.05, 3.63) is 52.8 Å². The molecule has 0 bridgehead atoms. The summed E-state index contributed by atoms with van der Waals surface area (Å²) in [7, 11) is -2.12. The summed E-state index contributed by atoms with van der Waals surface area (Å²) in [5, 5.41) is 9.50. The second-order valence-electron chi connectivity index (χ2n) is 4.37. The van der Waals surface area contributed by atoms with Crippen LogP contribution in [0.3, 0.4) is 0 Å². The van der Waals surface area contributed by atoms with E-state index < -0.39 is 10.0 Å². The van der Waals surface area contributed by atoms with Gasteiger partial charge in [-0.25, -0.2) is 8.42 Å².